The highest BCUT2D eigenvalue weighted by Gasteiger charge is 2.13. The monoisotopic (exact) mass is 492 g/mol. The van der Waals surface area contributed by atoms with Crippen molar-refractivity contribution in [1.82, 2.24) is 5.32 Å². The minimum atomic E-state index is -0.231. The fraction of sp³-hybridized carbons (Fsp3) is 0.100. The van der Waals surface area contributed by atoms with Gasteiger partial charge in [0, 0.05) is 41.8 Å². The zero-order valence-corrected chi connectivity index (χ0v) is 20.5. The molecule has 4 aromatic carbocycles. The van der Waals surface area contributed by atoms with E-state index in [4.69, 9.17) is 0 Å². The Labute approximate surface area is 216 Å². The van der Waals surface area contributed by atoms with Gasteiger partial charge in [0.15, 0.2) is 0 Å². The molecule has 0 unspecified atom stereocenters. The number of nitrogens with zero attached hydrogens (tertiary/aromatic N) is 1. The Morgan fingerprint density at radius 1 is 0.676 bits per heavy atom. The molecule has 0 saturated heterocycles. The molecule has 0 saturated carbocycles. The SMILES string of the molecule is CN(C(=O)c1ccc(NC(=O)CNc2ccc(C(=O)NCc3ccccc3)cc2)cc1)c1ccccc1. The Hall–Kier alpha value is -4.91. The molecule has 0 heterocycles. The van der Waals surface area contributed by atoms with E-state index >= 15 is 0 Å². The molecule has 186 valence electrons. The van der Waals surface area contributed by atoms with Crippen LogP contribution < -0.4 is 20.9 Å². The molecule has 37 heavy (non-hydrogen) atoms. The Kier molecular flexibility index (Phi) is 8.29. The van der Waals surface area contributed by atoms with Gasteiger partial charge in [0.2, 0.25) is 5.91 Å². The second-order valence-electron chi connectivity index (χ2n) is 8.42. The predicted molar refractivity (Wildman–Crippen MR) is 147 cm³/mol. The maximum atomic E-state index is 12.7. The Morgan fingerprint density at radius 3 is 1.89 bits per heavy atom. The zero-order chi connectivity index (χ0) is 26.0. The number of hydrogen-bond acceptors (Lipinski definition) is 4. The first kappa shape index (κ1) is 25.2. The van der Waals surface area contributed by atoms with Gasteiger partial charge >= 0.3 is 0 Å². The van der Waals surface area contributed by atoms with Crippen molar-refractivity contribution in [3.05, 3.63) is 126 Å². The van der Waals surface area contributed by atoms with Crippen molar-refractivity contribution in [3.63, 3.8) is 0 Å². The van der Waals surface area contributed by atoms with E-state index in [2.05, 4.69) is 16.0 Å². The summed E-state index contributed by atoms with van der Waals surface area (Å²) in [6.07, 6.45) is 0. The second-order valence-corrected chi connectivity index (χ2v) is 8.42. The number of amides is 3. The molecule has 0 bridgehead atoms. The molecule has 0 fully saturated rings. The smallest absolute Gasteiger partial charge is 0.258 e. The van der Waals surface area contributed by atoms with Gasteiger partial charge in [0.05, 0.1) is 6.54 Å². The van der Waals surface area contributed by atoms with E-state index in [1.165, 1.54) is 0 Å². The van der Waals surface area contributed by atoms with E-state index in [0.717, 1.165) is 16.9 Å². The number of carbonyl (C=O) groups is 3. The number of anilines is 3. The van der Waals surface area contributed by atoms with Crippen molar-refractivity contribution in [2.75, 3.05) is 29.1 Å². The summed E-state index contributed by atoms with van der Waals surface area (Å²) in [6, 6.07) is 32.8. The van der Waals surface area contributed by atoms with Gasteiger partial charge in [-0.15, -0.1) is 0 Å². The molecule has 0 spiro atoms. The first-order valence-electron chi connectivity index (χ1n) is 11.9. The van der Waals surface area contributed by atoms with Crippen LogP contribution in [0.2, 0.25) is 0 Å². The number of benzene rings is 4. The van der Waals surface area contributed by atoms with Gasteiger partial charge in [-0.1, -0.05) is 48.5 Å². The lowest BCUT2D eigenvalue weighted by Crippen LogP contribution is -2.26. The van der Waals surface area contributed by atoms with Crippen molar-refractivity contribution in [3.8, 4) is 0 Å². The first-order valence-corrected chi connectivity index (χ1v) is 11.9. The van der Waals surface area contributed by atoms with E-state index in [0.29, 0.717) is 23.4 Å². The largest absolute Gasteiger partial charge is 0.376 e. The molecule has 3 N–H and O–H groups in total. The van der Waals surface area contributed by atoms with Crippen LogP contribution in [0.25, 0.3) is 0 Å². The van der Waals surface area contributed by atoms with Crippen LogP contribution in [0, 0.1) is 0 Å². The minimum absolute atomic E-state index is 0.0526. The van der Waals surface area contributed by atoms with Gasteiger partial charge < -0.3 is 20.9 Å². The Bertz CT molecular complexity index is 1340. The van der Waals surface area contributed by atoms with Crippen LogP contribution in [0.15, 0.2) is 109 Å². The molecule has 3 amide bonds. The van der Waals surface area contributed by atoms with Crippen LogP contribution >= 0.6 is 0 Å². The molecule has 0 radical (unpaired) electrons. The molecule has 0 aromatic heterocycles. The van der Waals surface area contributed by atoms with Crippen molar-refractivity contribution in [2.45, 2.75) is 6.54 Å². The van der Waals surface area contributed by atoms with Gasteiger partial charge in [0.25, 0.3) is 11.8 Å². The van der Waals surface area contributed by atoms with E-state index in [-0.39, 0.29) is 24.3 Å². The predicted octanol–water partition coefficient (Wildman–Crippen LogP) is 4.94. The third kappa shape index (κ3) is 7.05. The van der Waals surface area contributed by atoms with Gasteiger partial charge in [-0.3, -0.25) is 14.4 Å². The van der Waals surface area contributed by atoms with Crippen LogP contribution in [0.5, 0.6) is 0 Å². The number of carbonyl (C=O) groups excluding carboxylic acids is 3. The van der Waals surface area contributed by atoms with Gasteiger partial charge in [0.1, 0.15) is 0 Å². The number of rotatable bonds is 9. The fourth-order valence-electron chi connectivity index (χ4n) is 3.67. The van der Waals surface area contributed by atoms with E-state index in [9.17, 15) is 14.4 Å². The lowest BCUT2D eigenvalue weighted by Gasteiger charge is -2.17. The molecule has 0 aliphatic carbocycles. The average Bonchev–Trinajstić information content (AvgIpc) is 2.95. The van der Waals surface area contributed by atoms with Crippen LogP contribution in [0.4, 0.5) is 17.1 Å². The Balaban J connectivity index is 1.24. The maximum absolute atomic E-state index is 12.7. The topological polar surface area (TPSA) is 90.5 Å². The second kappa shape index (κ2) is 12.2. The quantitative estimate of drug-likeness (QED) is 0.309. The molecule has 0 atom stereocenters. The number of hydrogen-bond donors (Lipinski definition) is 3. The van der Waals surface area contributed by atoms with Crippen LogP contribution in [-0.4, -0.2) is 31.3 Å². The lowest BCUT2D eigenvalue weighted by atomic mass is 10.1. The highest BCUT2D eigenvalue weighted by Crippen LogP contribution is 2.17. The third-order valence-corrected chi connectivity index (χ3v) is 5.76. The van der Waals surface area contributed by atoms with Gasteiger partial charge in [-0.25, -0.2) is 0 Å². The molecular formula is C30H28N4O3. The lowest BCUT2D eigenvalue weighted by molar-refractivity contribution is -0.114. The van der Waals surface area contributed by atoms with Crippen LogP contribution in [0.3, 0.4) is 0 Å². The first-order chi connectivity index (χ1) is 18.0. The van der Waals surface area contributed by atoms with Crippen molar-refractivity contribution >= 4 is 34.8 Å². The summed E-state index contributed by atoms with van der Waals surface area (Å²) in [7, 11) is 1.72. The molecule has 4 aromatic rings. The minimum Gasteiger partial charge on any atom is -0.376 e. The normalized spacial score (nSPS) is 10.3. The summed E-state index contributed by atoms with van der Waals surface area (Å²) in [5.74, 6) is -0.530. The highest BCUT2D eigenvalue weighted by molar-refractivity contribution is 6.06. The molecule has 7 heteroatoms. The molecular weight excluding hydrogens is 464 g/mol. The summed E-state index contributed by atoms with van der Waals surface area (Å²) in [5.41, 5.74) is 4.21. The summed E-state index contributed by atoms with van der Waals surface area (Å²) < 4.78 is 0. The van der Waals surface area contributed by atoms with Gasteiger partial charge in [-0.05, 0) is 66.2 Å². The Morgan fingerprint density at radius 2 is 1.24 bits per heavy atom. The van der Waals surface area contributed by atoms with Crippen molar-refractivity contribution in [1.29, 1.82) is 0 Å². The molecule has 7 nitrogen and oxygen atoms in total. The van der Waals surface area contributed by atoms with Crippen LogP contribution in [-0.2, 0) is 11.3 Å². The van der Waals surface area contributed by atoms with E-state index < -0.39 is 0 Å². The van der Waals surface area contributed by atoms with E-state index in [1.54, 1.807) is 60.5 Å². The molecule has 0 aliphatic heterocycles. The number of nitrogens with one attached hydrogen (secondary N) is 3. The maximum Gasteiger partial charge on any atom is 0.258 e. The summed E-state index contributed by atoms with van der Waals surface area (Å²) in [6.45, 7) is 0.510. The molecule has 4 rings (SSSR count). The average molecular weight is 493 g/mol. The fourth-order valence-corrected chi connectivity index (χ4v) is 3.67. The van der Waals surface area contributed by atoms with Crippen molar-refractivity contribution in [2.24, 2.45) is 0 Å². The number of para-hydroxylation sites is 1. The zero-order valence-electron chi connectivity index (χ0n) is 20.5. The van der Waals surface area contributed by atoms with Crippen molar-refractivity contribution < 1.29 is 14.4 Å². The van der Waals surface area contributed by atoms with E-state index in [1.807, 2.05) is 60.7 Å². The van der Waals surface area contributed by atoms with Crippen LogP contribution in [0.1, 0.15) is 26.3 Å². The summed E-state index contributed by atoms with van der Waals surface area (Å²) >= 11 is 0. The highest BCUT2D eigenvalue weighted by atomic mass is 16.2. The third-order valence-electron chi connectivity index (χ3n) is 5.76. The summed E-state index contributed by atoms with van der Waals surface area (Å²) in [4.78, 5) is 39.0. The standard InChI is InChI=1S/C30H28N4O3/c1-34(27-10-6-3-7-11-27)30(37)24-14-18-26(19-15-24)33-28(35)21-31-25-16-12-23(13-17-25)29(36)32-20-22-8-4-2-5-9-22/h2-19,31H,20-21H2,1H3,(H,32,36)(H,33,35). The summed E-state index contributed by atoms with van der Waals surface area (Å²) in [5, 5.41) is 8.75. The molecule has 0 aliphatic rings. The van der Waals surface area contributed by atoms with Gasteiger partial charge in [-0.2, -0.15) is 0 Å².